The summed E-state index contributed by atoms with van der Waals surface area (Å²) >= 11 is 0. The zero-order chi connectivity index (χ0) is 17.9. The van der Waals surface area contributed by atoms with Crippen molar-refractivity contribution in [3.63, 3.8) is 0 Å². The molecule has 1 heterocycles. The number of benzene rings is 1. The number of aliphatic hydroxyl groups is 1. The van der Waals surface area contributed by atoms with E-state index in [4.69, 9.17) is 5.11 Å². The highest BCUT2D eigenvalue weighted by atomic mass is 19.2. The van der Waals surface area contributed by atoms with Gasteiger partial charge in [0, 0.05) is 12.6 Å². The van der Waals surface area contributed by atoms with Gasteiger partial charge in [-0.2, -0.15) is 0 Å². The molecule has 1 aromatic carbocycles. The first-order chi connectivity index (χ1) is 11.3. The number of amides is 2. The second-order valence-electron chi connectivity index (χ2n) is 6.55. The zero-order valence-corrected chi connectivity index (χ0v) is 14.2. The van der Waals surface area contributed by atoms with E-state index in [-0.39, 0.29) is 36.8 Å². The van der Waals surface area contributed by atoms with E-state index in [1.165, 1.54) is 6.07 Å². The van der Waals surface area contributed by atoms with Crippen LogP contribution in [0.2, 0.25) is 0 Å². The lowest BCUT2D eigenvalue weighted by Crippen LogP contribution is -2.48. The van der Waals surface area contributed by atoms with Gasteiger partial charge in [0.25, 0.3) is 0 Å². The number of halogens is 2. The summed E-state index contributed by atoms with van der Waals surface area (Å²) < 4.78 is 26.9. The summed E-state index contributed by atoms with van der Waals surface area (Å²) in [6, 6.07) is 2.91. The fourth-order valence-electron chi connectivity index (χ4n) is 3.15. The standard InChI is InChI=1S/C17H25F2N3O2/c1-10(2)22-7-6-15(21-17(24)20-11(3)9-23)16(22)12-4-5-13(18)14(19)8-12/h4-5,8,10-11,15-16,23H,6-7,9H2,1-3H3,(H2,20,21,24)/t11-,15+,16+/m0/s1. The normalized spacial score (nSPS) is 22.6. The second-order valence-corrected chi connectivity index (χ2v) is 6.55. The smallest absolute Gasteiger partial charge is 0.315 e. The maximum atomic E-state index is 13.6. The van der Waals surface area contributed by atoms with E-state index < -0.39 is 11.6 Å². The monoisotopic (exact) mass is 341 g/mol. The van der Waals surface area contributed by atoms with E-state index in [1.54, 1.807) is 13.0 Å². The molecule has 7 heteroatoms. The Kier molecular flexibility index (Phi) is 6.12. The number of hydrogen-bond donors (Lipinski definition) is 3. The zero-order valence-electron chi connectivity index (χ0n) is 14.2. The maximum Gasteiger partial charge on any atom is 0.315 e. The molecule has 1 saturated heterocycles. The Hall–Kier alpha value is -1.73. The van der Waals surface area contributed by atoms with Crippen LogP contribution in [0.5, 0.6) is 0 Å². The van der Waals surface area contributed by atoms with Crippen molar-refractivity contribution in [3.8, 4) is 0 Å². The molecule has 3 atom stereocenters. The topological polar surface area (TPSA) is 64.6 Å². The lowest BCUT2D eigenvalue weighted by atomic mass is 9.99. The predicted octanol–water partition coefficient (Wildman–Crippen LogP) is 2.17. The van der Waals surface area contributed by atoms with Gasteiger partial charge < -0.3 is 15.7 Å². The van der Waals surface area contributed by atoms with Crippen LogP contribution in [0.25, 0.3) is 0 Å². The van der Waals surface area contributed by atoms with Gasteiger partial charge in [0.2, 0.25) is 0 Å². The van der Waals surface area contributed by atoms with Crippen LogP contribution in [-0.2, 0) is 0 Å². The average molecular weight is 341 g/mol. The van der Waals surface area contributed by atoms with Crippen LogP contribution in [0.1, 0.15) is 38.8 Å². The van der Waals surface area contributed by atoms with Crippen LogP contribution in [0.4, 0.5) is 13.6 Å². The van der Waals surface area contributed by atoms with Gasteiger partial charge in [0.05, 0.1) is 24.7 Å². The van der Waals surface area contributed by atoms with E-state index >= 15 is 0 Å². The molecule has 1 aliphatic heterocycles. The minimum absolute atomic E-state index is 0.150. The molecule has 0 radical (unpaired) electrons. The Balaban J connectivity index is 2.20. The summed E-state index contributed by atoms with van der Waals surface area (Å²) in [5, 5.41) is 14.6. The highest BCUT2D eigenvalue weighted by Gasteiger charge is 2.37. The quantitative estimate of drug-likeness (QED) is 0.769. The third-order valence-electron chi connectivity index (χ3n) is 4.35. The van der Waals surface area contributed by atoms with E-state index in [9.17, 15) is 13.6 Å². The molecule has 2 rings (SSSR count). The Bertz CT molecular complexity index is 583. The average Bonchev–Trinajstić information content (AvgIpc) is 2.93. The second kappa shape index (κ2) is 7.90. The summed E-state index contributed by atoms with van der Waals surface area (Å²) in [5.74, 6) is -1.77. The minimum atomic E-state index is -0.889. The molecule has 0 bridgehead atoms. The number of hydrogen-bond acceptors (Lipinski definition) is 3. The number of rotatable bonds is 5. The van der Waals surface area contributed by atoms with Gasteiger partial charge >= 0.3 is 6.03 Å². The molecule has 0 saturated carbocycles. The highest BCUT2D eigenvalue weighted by molar-refractivity contribution is 5.74. The Morgan fingerprint density at radius 1 is 1.33 bits per heavy atom. The summed E-state index contributed by atoms with van der Waals surface area (Å²) in [5.41, 5.74) is 0.639. The molecule has 134 valence electrons. The van der Waals surface area contributed by atoms with Gasteiger partial charge in [-0.25, -0.2) is 13.6 Å². The molecular formula is C17H25F2N3O2. The van der Waals surface area contributed by atoms with Crippen LogP contribution in [0.3, 0.4) is 0 Å². The molecule has 5 nitrogen and oxygen atoms in total. The Labute approximate surface area is 141 Å². The first kappa shape index (κ1) is 18.6. The van der Waals surface area contributed by atoms with Gasteiger partial charge in [-0.3, -0.25) is 4.90 Å². The van der Waals surface area contributed by atoms with E-state index in [0.29, 0.717) is 12.0 Å². The Morgan fingerprint density at radius 3 is 2.62 bits per heavy atom. The fourth-order valence-corrected chi connectivity index (χ4v) is 3.15. The number of urea groups is 1. The first-order valence-corrected chi connectivity index (χ1v) is 8.22. The number of carbonyl (C=O) groups is 1. The molecule has 0 spiro atoms. The van der Waals surface area contributed by atoms with Gasteiger partial charge in [-0.1, -0.05) is 6.07 Å². The van der Waals surface area contributed by atoms with Crippen molar-refractivity contribution < 1.29 is 18.7 Å². The van der Waals surface area contributed by atoms with Crippen molar-refractivity contribution in [3.05, 3.63) is 35.4 Å². The summed E-state index contributed by atoms with van der Waals surface area (Å²) in [4.78, 5) is 14.2. The van der Waals surface area contributed by atoms with Crippen molar-refractivity contribution in [2.24, 2.45) is 0 Å². The van der Waals surface area contributed by atoms with E-state index in [1.807, 2.05) is 13.8 Å². The largest absolute Gasteiger partial charge is 0.394 e. The van der Waals surface area contributed by atoms with Gasteiger partial charge in [0.15, 0.2) is 11.6 Å². The molecule has 0 aliphatic carbocycles. The Morgan fingerprint density at radius 2 is 2.04 bits per heavy atom. The molecular weight excluding hydrogens is 316 g/mol. The lowest BCUT2D eigenvalue weighted by molar-refractivity contribution is 0.185. The number of carbonyl (C=O) groups excluding carboxylic acids is 1. The van der Waals surface area contributed by atoms with Gasteiger partial charge in [-0.15, -0.1) is 0 Å². The first-order valence-electron chi connectivity index (χ1n) is 8.22. The van der Waals surface area contributed by atoms with Gasteiger partial charge in [0.1, 0.15) is 0 Å². The summed E-state index contributed by atoms with van der Waals surface area (Å²) in [6.45, 7) is 6.36. The molecule has 24 heavy (non-hydrogen) atoms. The minimum Gasteiger partial charge on any atom is -0.394 e. The van der Waals surface area contributed by atoms with Crippen LogP contribution in [0, 0.1) is 11.6 Å². The third kappa shape index (κ3) is 4.21. The van der Waals surface area contributed by atoms with Crippen molar-refractivity contribution in [1.29, 1.82) is 0 Å². The predicted molar refractivity (Wildman–Crippen MR) is 87.6 cm³/mol. The molecule has 1 aliphatic rings. The number of aliphatic hydroxyl groups excluding tert-OH is 1. The van der Waals surface area contributed by atoms with Crippen molar-refractivity contribution in [1.82, 2.24) is 15.5 Å². The number of likely N-dealkylation sites (tertiary alicyclic amines) is 1. The highest BCUT2D eigenvalue weighted by Crippen LogP contribution is 2.34. The van der Waals surface area contributed by atoms with Crippen LogP contribution in [-0.4, -0.2) is 47.3 Å². The van der Waals surface area contributed by atoms with Crippen molar-refractivity contribution >= 4 is 6.03 Å². The number of nitrogens with one attached hydrogen (secondary N) is 2. The molecule has 3 N–H and O–H groups in total. The van der Waals surface area contributed by atoms with E-state index in [2.05, 4.69) is 15.5 Å². The van der Waals surface area contributed by atoms with Crippen LogP contribution >= 0.6 is 0 Å². The molecule has 0 aromatic heterocycles. The van der Waals surface area contributed by atoms with Gasteiger partial charge in [-0.05, 0) is 44.9 Å². The van der Waals surface area contributed by atoms with Crippen LogP contribution < -0.4 is 10.6 Å². The van der Waals surface area contributed by atoms with Crippen molar-refractivity contribution in [2.45, 2.75) is 51.4 Å². The SMILES string of the molecule is CC(C)N1CC[C@@H](NC(=O)N[C@@H](C)CO)[C@H]1c1ccc(F)c(F)c1. The third-order valence-corrected chi connectivity index (χ3v) is 4.35. The number of nitrogens with zero attached hydrogens (tertiary/aromatic N) is 1. The van der Waals surface area contributed by atoms with Crippen molar-refractivity contribution in [2.75, 3.05) is 13.2 Å². The molecule has 1 fully saturated rings. The summed E-state index contributed by atoms with van der Waals surface area (Å²) in [6.07, 6.45) is 0.711. The maximum absolute atomic E-state index is 13.6. The molecule has 1 aromatic rings. The van der Waals surface area contributed by atoms with E-state index in [0.717, 1.165) is 12.6 Å². The molecule has 0 unspecified atom stereocenters. The lowest BCUT2D eigenvalue weighted by Gasteiger charge is -2.32. The molecule has 2 amide bonds. The summed E-state index contributed by atoms with van der Waals surface area (Å²) in [7, 11) is 0. The van der Waals surface area contributed by atoms with Crippen LogP contribution in [0.15, 0.2) is 18.2 Å². The fraction of sp³-hybridized carbons (Fsp3) is 0.588.